The van der Waals surface area contributed by atoms with Crippen LogP contribution in [0.15, 0.2) is 48.7 Å². The van der Waals surface area contributed by atoms with Gasteiger partial charge in [0.2, 0.25) is 5.91 Å². The maximum atomic E-state index is 10.8. The van der Waals surface area contributed by atoms with Crippen LogP contribution in [0.25, 0.3) is 0 Å². The SMILES string of the molecule is CC(Nc1ccc(CC(N)=O)cc1)c1ccccn1. The Morgan fingerprint density at radius 3 is 2.58 bits per heavy atom. The van der Waals surface area contributed by atoms with Crippen molar-refractivity contribution < 1.29 is 4.79 Å². The van der Waals surface area contributed by atoms with Crippen molar-refractivity contribution in [2.75, 3.05) is 5.32 Å². The summed E-state index contributed by atoms with van der Waals surface area (Å²) >= 11 is 0. The standard InChI is InChI=1S/C15H17N3O/c1-11(14-4-2-3-9-17-14)18-13-7-5-12(6-8-13)10-15(16)19/h2-9,11,18H,10H2,1H3,(H2,16,19). The van der Waals surface area contributed by atoms with Gasteiger partial charge in [0.05, 0.1) is 18.2 Å². The molecule has 1 atom stereocenters. The Bertz CT molecular complexity index is 537. The van der Waals surface area contributed by atoms with Crippen LogP contribution in [0.5, 0.6) is 0 Å². The number of nitrogens with two attached hydrogens (primary N) is 1. The van der Waals surface area contributed by atoms with Crippen molar-refractivity contribution in [1.29, 1.82) is 0 Å². The summed E-state index contributed by atoms with van der Waals surface area (Å²) in [7, 11) is 0. The van der Waals surface area contributed by atoms with Gasteiger partial charge in [-0.15, -0.1) is 0 Å². The molecule has 98 valence electrons. The van der Waals surface area contributed by atoms with Gasteiger partial charge in [0.15, 0.2) is 0 Å². The molecule has 1 amide bonds. The molecule has 0 saturated carbocycles. The van der Waals surface area contributed by atoms with E-state index in [2.05, 4.69) is 17.2 Å². The lowest BCUT2D eigenvalue weighted by molar-refractivity contribution is -0.117. The van der Waals surface area contributed by atoms with Crippen LogP contribution in [-0.2, 0) is 11.2 Å². The van der Waals surface area contributed by atoms with E-state index in [1.165, 1.54) is 0 Å². The lowest BCUT2D eigenvalue weighted by Crippen LogP contribution is -2.13. The monoisotopic (exact) mass is 255 g/mol. The highest BCUT2D eigenvalue weighted by Crippen LogP contribution is 2.17. The van der Waals surface area contributed by atoms with Gasteiger partial charge in [0.25, 0.3) is 0 Å². The number of benzene rings is 1. The quantitative estimate of drug-likeness (QED) is 0.861. The molecule has 0 saturated heterocycles. The van der Waals surface area contributed by atoms with E-state index in [0.717, 1.165) is 16.9 Å². The third-order valence-corrected chi connectivity index (χ3v) is 2.85. The fourth-order valence-electron chi connectivity index (χ4n) is 1.88. The van der Waals surface area contributed by atoms with E-state index < -0.39 is 0 Å². The molecule has 0 fully saturated rings. The number of hydrogen-bond donors (Lipinski definition) is 2. The predicted molar refractivity (Wildman–Crippen MR) is 75.6 cm³/mol. The highest BCUT2D eigenvalue weighted by atomic mass is 16.1. The molecule has 19 heavy (non-hydrogen) atoms. The van der Waals surface area contributed by atoms with E-state index in [9.17, 15) is 4.79 Å². The van der Waals surface area contributed by atoms with E-state index >= 15 is 0 Å². The normalized spacial score (nSPS) is 11.8. The van der Waals surface area contributed by atoms with Gasteiger partial charge in [-0.2, -0.15) is 0 Å². The number of amides is 1. The average Bonchev–Trinajstić information content (AvgIpc) is 2.41. The number of anilines is 1. The van der Waals surface area contributed by atoms with Crippen LogP contribution >= 0.6 is 0 Å². The van der Waals surface area contributed by atoms with Crippen LogP contribution in [0.2, 0.25) is 0 Å². The van der Waals surface area contributed by atoms with Crippen molar-refractivity contribution in [2.45, 2.75) is 19.4 Å². The summed E-state index contributed by atoms with van der Waals surface area (Å²) in [5.74, 6) is -0.317. The zero-order valence-electron chi connectivity index (χ0n) is 10.8. The van der Waals surface area contributed by atoms with Crippen molar-refractivity contribution in [3.8, 4) is 0 Å². The molecule has 0 aliphatic carbocycles. The molecule has 0 aliphatic heterocycles. The van der Waals surface area contributed by atoms with E-state index in [1.807, 2.05) is 42.5 Å². The van der Waals surface area contributed by atoms with Crippen molar-refractivity contribution in [2.24, 2.45) is 5.73 Å². The Kier molecular flexibility index (Phi) is 4.13. The molecule has 0 aliphatic rings. The van der Waals surface area contributed by atoms with Gasteiger partial charge >= 0.3 is 0 Å². The van der Waals surface area contributed by atoms with Gasteiger partial charge in [-0.25, -0.2) is 0 Å². The molecule has 1 aromatic heterocycles. The van der Waals surface area contributed by atoms with Crippen LogP contribution in [0, 0.1) is 0 Å². The van der Waals surface area contributed by atoms with E-state index in [4.69, 9.17) is 5.73 Å². The van der Waals surface area contributed by atoms with Gasteiger partial charge in [0.1, 0.15) is 0 Å². The van der Waals surface area contributed by atoms with Crippen molar-refractivity contribution in [3.63, 3.8) is 0 Å². The van der Waals surface area contributed by atoms with E-state index in [-0.39, 0.29) is 18.4 Å². The predicted octanol–water partition coefficient (Wildman–Crippen LogP) is 2.28. The average molecular weight is 255 g/mol. The maximum Gasteiger partial charge on any atom is 0.221 e. The van der Waals surface area contributed by atoms with Crippen molar-refractivity contribution in [1.82, 2.24) is 4.98 Å². The smallest absolute Gasteiger partial charge is 0.221 e. The van der Waals surface area contributed by atoms with Crippen LogP contribution in [0.4, 0.5) is 5.69 Å². The number of nitrogens with zero attached hydrogens (tertiary/aromatic N) is 1. The van der Waals surface area contributed by atoms with Crippen LogP contribution in [0.3, 0.4) is 0 Å². The largest absolute Gasteiger partial charge is 0.377 e. The first-order valence-corrected chi connectivity index (χ1v) is 6.20. The van der Waals surface area contributed by atoms with Crippen molar-refractivity contribution in [3.05, 3.63) is 59.9 Å². The number of pyridine rings is 1. The molecule has 0 bridgehead atoms. The lowest BCUT2D eigenvalue weighted by Gasteiger charge is -2.14. The molecule has 1 unspecified atom stereocenters. The molecule has 4 nitrogen and oxygen atoms in total. The van der Waals surface area contributed by atoms with Gasteiger partial charge in [-0.1, -0.05) is 18.2 Å². The Morgan fingerprint density at radius 1 is 1.26 bits per heavy atom. The third-order valence-electron chi connectivity index (χ3n) is 2.85. The fourth-order valence-corrected chi connectivity index (χ4v) is 1.88. The van der Waals surface area contributed by atoms with Crippen LogP contribution in [-0.4, -0.2) is 10.9 Å². The summed E-state index contributed by atoms with van der Waals surface area (Å²) < 4.78 is 0. The number of nitrogens with one attached hydrogen (secondary N) is 1. The number of aromatic nitrogens is 1. The highest BCUT2D eigenvalue weighted by Gasteiger charge is 2.06. The first-order valence-electron chi connectivity index (χ1n) is 6.20. The minimum Gasteiger partial charge on any atom is -0.377 e. The second kappa shape index (κ2) is 6.00. The van der Waals surface area contributed by atoms with Gasteiger partial charge in [-0.3, -0.25) is 9.78 Å². The minimum atomic E-state index is -0.317. The molecule has 2 rings (SSSR count). The molecule has 1 aromatic carbocycles. The van der Waals surface area contributed by atoms with Gasteiger partial charge in [-0.05, 0) is 36.8 Å². The fraction of sp³-hybridized carbons (Fsp3) is 0.200. The Hall–Kier alpha value is -2.36. The highest BCUT2D eigenvalue weighted by molar-refractivity contribution is 5.76. The van der Waals surface area contributed by atoms with Crippen LogP contribution in [0.1, 0.15) is 24.2 Å². The molecular formula is C15H17N3O. The third kappa shape index (κ3) is 3.81. The minimum absolute atomic E-state index is 0.128. The number of carbonyl (C=O) groups is 1. The maximum absolute atomic E-state index is 10.8. The molecular weight excluding hydrogens is 238 g/mol. The summed E-state index contributed by atoms with van der Waals surface area (Å²) in [5.41, 5.74) is 8.06. The Balaban J connectivity index is 2.01. The Labute approximate surface area is 112 Å². The topological polar surface area (TPSA) is 68.0 Å². The molecule has 0 spiro atoms. The summed E-state index contributed by atoms with van der Waals surface area (Å²) in [4.78, 5) is 15.1. The summed E-state index contributed by atoms with van der Waals surface area (Å²) in [6, 6.07) is 13.7. The molecule has 1 heterocycles. The van der Waals surface area contributed by atoms with Crippen molar-refractivity contribution >= 4 is 11.6 Å². The summed E-state index contributed by atoms with van der Waals surface area (Å²) in [6.45, 7) is 2.06. The number of rotatable bonds is 5. The molecule has 2 aromatic rings. The zero-order valence-corrected chi connectivity index (χ0v) is 10.8. The Morgan fingerprint density at radius 2 is 2.00 bits per heavy atom. The first kappa shape index (κ1) is 13.1. The van der Waals surface area contributed by atoms with E-state index in [0.29, 0.717) is 0 Å². The lowest BCUT2D eigenvalue weighted by atomic mass is 10.1. The number of primary amides is 1. The molecule has 4 heteroatoms. The van der Waals surface area contributed by atoms with Gasteiger partial charge < -0.3 is 11.1 Å². The number of carbonyl (C=O) groups excluding carboxylic acids is 1. The molecule has 0 radical (unpaired) electrons. The van der Waals surface area contributed by atoms with Crippen LogP contribution < -0.4 is 11.1 Å². The second-order valence-corrected chi connectivity index (χ2v) is 4.46. The first-order chi connectivity index (χ1) is 9.15. The van der Waals surface area contributed by atoms with Gasteiger partial charge in [0, 0.05) is 11.9 Å². The molecule has 3 N–H and O–H groups in total. The zero-order chi connectivity index (χ0) is 13.7. The number of hydrogen-bond acceptors (Lipinski definition) is 3. The van der Waals surface area contributed by atoms with E-state index in [1.54, 1.807) is 6.20 Å². The summed E-state index contributed by atoms with van der Waals surface area (Å²) in [5, 5.41) is 3.36. The second-order valence-electron chi connectivity index (χ2n) is 4.46. The summed E-state index contributed by atoms with van der Waals surface area (Å²) in [6.07, 6.45) is 2.06.